The zero-order valence-corrected chi connectivity index (χ0v) is 21.0. The maximum absolute atomic E-state index is 13.6. The Morgan fingerprint density at radius 3 is 2.56 bits per heavy atom. The molecule has 0 unspecified atom stereocenters. The van der Waals surface area contributed by atoms with Crippen molar-refractivity contribution in [3.63, 3.8) is 0 Å². The van der Waals surface area contributed by atoms with E-state index in [-0.39, 0.29) is 29.3 Å². The molecule has 39 heavy (non-hydrogen) atoms. The Morgan fingerprint density at radius 2 is 1.79 bits per heavy atom. The van der Waals surface area contributed by atoms with Gasteiger partial charge in [-0.05, 0) is 36.2 Å². The van der Waals surface area contributed by atoms with E-state index in [4.69, 9.17) is 4.74 Å². The molecule has 1 N–H and O–H groups in total. The summed E-state index contributed by atoms with van der Waals surface area (Å²) < 4.78 is 35.7. The standard InChI is InChI=1S/C28H25F2N5O4/c1-38-23-15-18(14-21-24(23)33-12-11-31-21)27(37)35-13-9-20(19(16-35)17-6-3-2-4-7-17)34-26(36)25-22(39-28(29)30)8-5-10-32-25/h2-8,10-12,14-15,19-20,28H,9,13,16H2,1H3,(H,34,36)/t19-,20-/m1/s1. The number of likely N-dealkylation sites (tertiary alicyclic amines) is 1. The lowest BCUT2D eigenvalue weighted by atomic mass is 9.85. The third kappa shape index (κ3) is 5.62. The van der Waals surface area contributed by atoms with Crippen LogP contribution in [0.3, 0.4) is 0 Å². The van der Waals surface area contributed by atoms with Gasteiger partial charge < -0.3 is 19.7 Å². The number of alkyl halides is 2. The third-order valence-corrected chi connectivity index (χ3v) is 6.65. The first kappa shape index (κ1) is 26.0. The number of nitrogens with one attached hydrogen (secondary N) is 1. The fourth-order valence-corrected chi connectivity index (χ4v) is 4.84. The lowest BCUT2D eigenvalue weighted by Gasteiger charge is -2.39. The van der Waals surface area contributed by atoms with Gasteiger partial charge in [0.25, 0.3) is 11.8 Å². The summed E-state index contributed by atoms with van der Waals surface area (Å²) in [6, 6.07) is 15.1. The first-order valence-electron chi connectivity index (χ1n) is 12.3. The first-order valence-corrected chi connectivity index (χ1v) is 12.3. The number of pyridine rings is 1. The second-order valence-electron chi connectivity index (χ2n) is 8.97. The van der Waals surface area contributed by atoms with Gasteiger partial charge in [0.05, 0.1) is 12.6 Å². The molecule has 2 aromatic carbocycles. The number of rotatable bonds is 7. The second-order valence-corrected chi connectivity index (χ2v) is 8.97. The fourth-order valence-electron chi connectivity index (χ4n) is 4.84. The van der Waals surface area contributed by atoms with Gasteiger partial charge in [0.2, 0.25) is 0 Å². The highest BCUT2D eigenvalue weighted by Gasteiger charge is 2.35. The smallest absolute Gasteiger partial charge is 0.387 e. The fraction of sp³-hybridized carbons (Fsp3) is 0.250. The van der Waals surface area contributed by atoms with Crippen molar-refractivity contribution in [3.8, 4) is 11.5 Å². The molecule has 1 saturated heterocycles. The number of hydrogen-bond acceptors (Lipinski definition) is 7. The van der Waals surface area contributed by atoms with Crippen LogP contribution in [0.5, 0.6) is 11.5 Å². The van der Waals surface area contributed by atoms with Crippen LogP contribution < -0.4 is 14.8 Å². The van der Waals surface area contributed by atoms with E-state index in [9.17, 15) is 18.4 Å². The van der Waals surface area contributed by atoms with Crippen LogP contribution in [-0.2, 0) is 0 Å². The lowest BCUT2D eigenvalue weighted by Crippen LogP contribution is -2.51. The molecule has 2 aromatic heterocycles. The number of benzene rings is 2. The van der Waals surface area contributed by atoms with Gasteiger partial charge in [0.1, 0.15) is 11.3 Å². The molecular formula is C28H25F2N5O4. The maximum atomic E-state index is 13.6. The normalized spacial score (nSPS) is 17.2. The Bertz CT molecular complexity index is 1490. The molecule has 0 aliphatic carbocycles. The predicted octanol–water partition coefficient (Wildman–Crippen LogP) is 4.06. The van der Waals surface area contributed by atoms with E-state index in [0.717, 1.165) is 5.56 Å². The van der Waals surface area contributed by atoms with Gasteiger partial charge in [-0.2, -0.15) is 8.78 Å². The molecule has 1 aliphatic heterocycles. The molecular weight excluding hydrogens is 508 g/mol. The largest absolute Gasteiger partial charge is 0.494 e. The molecule has 11 heteroatoms. The van der Waals surface area contributed by atoms with Gasteiger partial charge >= 0.3 is 6.61 Å². The van der Waals surface area contributed by atoms with Gasteiger partial charge in [-0.3, -0.25) is 14.6 Å². The molecule has 1 aliphatic rings. The number of carbonyl (C=O) groups is 2. The van der Waals surface area contributed by atoms with E-state index in [1.54, 1.807) is 29.4 Å². The highest BCUT2D eigenvalue weighted by molar-refractivity contribution is 5.99. The lowest BCUT2D eigenvalue weighted by molar-refractivity contribution is -0.0504. The Kier molecular flexibility index (Phi) is 7.57. The van der Waals surface area contributed by atoms with Gasteiger partial charge in [0, 0.05) is 49.2 Å². The zero-order chi connectivity index (χ0) is 27.4. The highest BCUT2D eigenvalue weighted by atomic mass is 19.3. The Balaban J connectivity index is 1.40. The van der Waals surface area contributed by atoms with Crippen LogP contribution in [-0.4, -0.2) is 64.5 Å². The molecule has 3 heterocycles. The van der Waals surface area contributed by atoms with E-state index in [1.807, 2.05) is 30.3 Å². The minimum atomic E-state index is -3.09. The molecule has 9 nitrogen and oxygen atoms in total. The summed E-state index contributed by atoms with van der Waals surface area (Å²) in [6.07, 6.45) is 4.88. The minimum Gasteiger partial charge on any atom is -0.494 e. The summed E-state index contributed by atoms with van der Waals surface area (Å²) >= 11 is 0. The summed E-state index contributed by atoms with van der Waals surface area (Å²) in [4.78, 5) is 41.0. The average Bonchev–Trinajstić information content (AvgIpc) is 2.96. The van der Waals surface area contributed by atoms with Crippen molar-refractivity contribution in [2.45, 2.75) is 25.0 Å². The van der Waals surface area contributed by atoms with E-state index in [2.05, 4.69) is 25.0 Å². The molecule has 1 fully saturated rings. The number of carbonyl (C=O) groups excluding carboxylic acids is 2. The molecule has 2 atom stereocenters. The second kappa shape index (κ2) is 11.4. The summed E-state index contributed by atoms with van der Waals surface area (Å²) in [7, 11) is 1.51. The van der Waals surface area contributed by atoms with Crippen LogP contribution in [0.4, 0.5) is 8.78 Å². The highest BCUT2D eigenvalue weighted by Crippen LogP contribution is 2.31. The number of piperidine rings is 1. The average molecular weight is 534 g/mol. The van der Waals surface area contributed by atoms with E-state index >= 15 is 0 Å². The van der Waals surface area contributed by atoms with Gasteiger partial charge in [-0.15, -0.1) is 0 Å². The molecule has 200 valence electrons. The molecule has 5 rings (SSSR count). The summed E-state index contributed by atoms with van der Waals surface area (Å²) in [5, 5.41) is 2.94. The van der Waals surface area contributed by atoms with E-state index in [0.29, 0.717) is 41.9 Å². The van der Waals surface area contributed by atoms with Crippen molar-refractivity contribution >= 4 is 22.8 Å². The van der Waals surface area contributed by atoms with Crippen LogP contribution in [0.15, 0.2) is 73.2 Å². The van der Waals surface area contributed by atoms with Crippen molar-refractivity contribution in [3.05, 3.63) is 90.0 Å². The SMILES string of the molecule is COc1cc(C(=O)N2CC[C@@H](NC(=O)c3ncccc3OC(F)F)[C@@H](c3ccccc3)C2)cc2nccnc12. The summed E-state index contributed by atoms with van der Waals surface area (Å²) in [6.45, 7) is -2.42. The molecule has 4 aromatic rings. The van der Waals surface area contributed by atoms with Crippen molar-refractivity contribution in [2.75, 3.05) is 20.2 Å². The number of methoxy groups -OCH3 is 1. The minimum absolute atomic E-state index is 0.205. The van der Waals surface area contributed by atoms with Crippen LogP contribution in [0, 0.1) is 0 Å². The number of nitrogens with zero attached hydrogens (tertiary/aromatic N) is 4. The quantitative estimate of drug-likeness (QED) is 0.382. The van der Waals surface area contributed by atoms with Crippen molar-refractivity contribution in [1.82, 2.24) is 25.2 Å². The van der Waals surface area contributed by atoms with Crippen molar-refractivity contribution in [1.29, 1.82) is 0 Å². The third-order valence-electron chi connectivity index (χ3n) is 6.65. The van der Waals surface area contributed by atoms with Gasteiger partial charge in [0.15, 0.2) is 11.4 Å². The van der Waals surface area contributed by atoms with Gasteiger partial charge in [-0.25, -0.2) is 9.97 Å². The van der Waals surface area contributed by atoms with E-state index in [1.165, 1.54) is 25.4 Å². The Morgan fingerprint density at radius 1 is 1.00 bits per heavy atom. The predicted molar refractivity (Wildman–Crippen MR) is 138 cm³/mol. The summed E-state index contributed by atoms with van der Waals surface area (Å²) in [5.41, 5.74) is 2.21. The number of hydrogen-bond donors (Lipinski definition) is 1. The number of amides is 2. The van der Waals surface area contributed by atoms with Gasteiger partial charge in [-0.1, -0.05) is 30.3 Å². The van der Waals surface area contributed by atoms with Crippen molar-refractivity contribution < 1.29 is 27.8 Å². The molecule has 0 saturated carbocycles. The van der Waals surface area contributed by atoms with Crippen molar-refractivity contribution in [2.24, 2.45) is 0 Å². The molecule has 0 radical (unpaired) electrons. The van der Waals surface area contributed by atoms with Crippen LogP contribution in [0.2, 0.25) is 0 Å². The first-order chi connectivity index (χ1) is 18.9. The van der Waals surface area contributed by atoms with E-state index < -0.39 is 12.5 Å². The number of halogens is 2. The van der Waals surface area contributed by atoms with Crippen LogP contribution in [0.25, 0.3) is 11.0 Å². The number of fused-ring (bicyclic) bond motifs is 1. The summed E-state index contributed by atoms with van der Waals surface area (Å²) in [5.74, 6) is -0.956. The Labute approximate surface area is 222 Å². The molecule has 2 amide bonds. The topological polar surface area (TPSA) is 107 Å². The molecule has 0 spiro atoms. The maximum Gasteiger partial charge on any atom is 0.387 e. The number of aromatic nitrogens is 3. The molecule has 0 bridgehead atoms. The monoisotopic (exact) mass is 533 g/mol. The Hall–Kier alpha value is -4.67. The van der Waals surface area contributed by atoms with Crippen LogP contribution >= 0.6 is 0 Å². The number of ether oxygens (including phenoxy) is 2. The van der Waals surface area contributed by atoms with Crippen LogP contribution in [0.1, 0.15) is 38.7 Å². The zero-order valence-electron chi connectivity index (χ0n) is 21.0.